The van der Waals surface area contributed by atoms with Gasteiger partial charge in [0.2, 0.25) is 5.91 Å². The van der Waals surface area contributed by atoms with Crippen molar-refractivity contribution in [3.63, 3.8) is 0 Å². The van der Waals surface area contributed by atoms with E-state index < -0.39 is 0 Å². The minimum absolute atomic E-state index is 0.281. The molecule has 0 unspecified atom stereocenters. The Labute approximate surface area is 311 Å². The van der Waals surface area contributed by atoms with Crippen LogP contribution in [0.5, 0.6) is 0 Å². The maximum Gasteiger partial charge on any atom is 0.219 e. The molecule has 1 amide bonds. The van der Waals surface area contributed by atoms with E-state index in [1.165, 1.54) is 257 Å². The van der Waals surface area contributed by atoms with Gasteiger partial charge in [-0.1, -0.05) is 271 Å². The Balaban J connectivity index is 3.12. The van der Waals surface area contributed by atoms with Crippen LogP contribution in [0.15, 0.2) is 0 Å². The summed E-state index contributed by atoms with van der Waals surface area (Å²) in [7, 11) is 0. The quantitative estimate of drug-likeness (QED) is 0.0634. The number of carbonyl (C=O) groups is 1. The number of unbranched alkanes of at least 4 members (excludes halogenated alkanes) is 40. The summed E-state index contributed by atoms with van der Waals surface area (Å²) in [6.07, 6.45) is 60.2. The predicted octanol–water partition coefficient (Wildman–Crippen LogP) is 16.9. The predicted molar refractivity (Wildman–Crippen MR) is 223 cm³/mol. The molecule has 0 rings (SSSR count). The molecule has 0 spiro atoms. The van der Waals surface area contributed by atoms with Crippen molar-refractivity contribution in [1.82, 2.24) is 5.32 Å². The highest BCUT2D eigenvalue weighted by atomic mass is 16.1. The fourth-order valence-corrected chi connectivity index (χ4v) is 7.59. The summed E-state index contributed by atoms with van der Waals surface area (Å²) in [6, 6.07) is 0. The molecule has 0 bridgehead atoms. The molecule has 0 aliphatic heterocycles. The van der Waals surface area contributed by atoms with Gasteiger partial charge in [-0.15, -0.1) is 0 Å². The summed E-state index contributed by atoms with van der Waals surface area (Å²) < 4.78 is 0. The SMILES string of the molecule is CCCCCCCCCCCCCCCCCCCCCCCCCCCCCCCNC(=O)CCCCCCCCCCCCCCC. The Kier molecular flexibility index (Phi) is 45.0. The monoisotopic (exact) mass is 690 g/mol. The Morgan fingerprint density at radius 2 is 0.449 bits per heavy atom. The van der Waals surface area contributed by atoms with E-state index in [2.05, 4.69) is 19.2 Å². The zero-order valence-electron chi connectivity index (χ0n) is 34.5. The number of hydrogen-bond acceptors (Lipinski definition) is 1. The zero-order chi connectivity index (χ0) is 35.4. The first-order valence-electron chi connectivity index (χ1n) is 23.6. The number of carbonyl (C=O) groups excluding carboxylic acids is 1. The van der Waals surface area contributed by atoms with E-state index in [9.17, 15) is 4.79 Å². The molecular weight excluding hydrogens is 595 g/mol. The van der Waals surface area contributed by atoms with Gasteiger partial charge in [0.05, 0.1) is 0 Å². The van der Waals surface area contributed by atoms with Gasteiger partial charge in [-0.05, 0) is 12.8 Å². The minimum Gasteiger partial charge on any atom is -0.356 e. The molecule has 294 valence electrons. The van der Waals surface area contributed by atoms with Crippen LogP contribution in [0.25, 0.3) is 0 Å². The average Bonchev–Trinajstić information content (AvgIpc) is 3.11. The molecule has 0 atom stereocenters. The van der Waals surface area contributed by atoms with E-state index in [4.69, 9.17) is 0 Å². The van der Waals surface area contributed by atoms with Gasteiger partial charge in [0, 0.05) is 13.0 Å². The largest absolute Gasteiger partial charge is 0.356 e. The third-order valence-electron chi connectivity index (χ3n) is 11.1. The lowest BCUT2D eigenvalue weighted by Crippen LogP contribution is -2.23. The summed E-state index contributed by atoms with van der Waals surface area (Å²) in [6.45, 7) is 5.48. The molecule has 1 N–H and O–H groups in total. The number of nitrogens with one attached hydrogen (secondary N) is 1. The lowest BCUT2D eigenvalue weighted by molar-refractivity contribution is -0.121. The van der Waals surface area contributed by atoms with Crippen LogP contribution in [0.4, 0.5) is 0 Å². The molecule has 0 aromatic carbocycles. The molecule has 0 saturated carbocycles. The van der Waals surface area contributed by atoms with E-state index in [1.807, 2.05) is 0 Å². The van der Waals surface area contributed by atoms with Crippen molar-refractivity contribution in [1.29, 1.82) is 0 Å². The molecule has 0 aromatic rings. The maximum atomic E-state index is 12.1. The highest BCUT2D eigenvalue weighted by Gasteiger charge is 2.01. The molecule has 0 heterocycles. The first-order valence-corrected chi connectivity index (χ1v) is 23.6. The van der Waals surface area contributed by atoms with Crippen LogP contribution in [-0.2, 0) is 4.79 Å². The molecule has 2 heteroatoms. The second-order valence-electron chi connectivity index (χ2n) is 16.2. The van der Waals surface area contributed by atoms with Crippen LogP contribution >= 0.6 is 0 Å². The van der Waals surface area contributed by atoms with Crippen molar-refractivity contribution in [2.24, 2.45) is 0 Å². The molecule has 0 aromatic heterocycles. The van der Waals surface area contributed by atoms with E-state index in [0.717, 1.165) is 25.8 Å². The number of rotatable bonds is 44. The summed E-state index contributed by atoms with van der Waals surface area (Å²) in [5, 5.41) is 3.16. The van der Waals surface area contributed by atoms with Crippen molar-refractivity contribution in [2.45, 2.75) is 290 Å². The second-order valence-corrected chi connectivity index (χ2v) is 16.2. The van der Waals surface area contributed by atoms with Gasteiger partial charge >= 0.3 is 0 Å². The normalized spacial score (nSPS) is 11.5. The highest BCUT2D eigenvalue weighted by Crippen LogP contribution is 2.17. The van der Waals surface area contributed by atoms with Gasteiger partial charge < -0.3 is 5.32 Å². The van der Waals surface area contributed by atoms with E-state index in [0.29, 0.717) is 0 Å². The van der Waals surface area contributed by atoms with Crippen molar-refractivity contribution >= 4 is 5.91 Å². The summed E-state index contributed by atoms with van der Waals surface area (Å²) in [5.74, 6) is 0.281. The molecule has 2 nitrogen and oxygen atoms in total. The minimum atomic E-state index is 0.281. The molecule has 0 fully saturated rings. The van der Waals surface area contributed by atoms with Crippen molar-refractivity contribution < 1.29 is 4.79 Å². The summed E-state index contributed by atoms with van der Waals surface area (Å²) in [4.78, 5) is 12.1. The number of amides is 1. The topological polar surface area (TPSA) is 29.1 Å². The molecule has 0 saturated heterocycles. The molecule has 0 aliphatic carbocycles. The lowest BCUT2D eigenvalue weighted by Gasteiger charge is -2.06. The Morgan fingerprint density at radius 3 is 0.673 bits per heavy atom. The fraction of sp³-hybridized carbons (Fsp3) is 0.979. The van der Waals surface area contributed by atoms with Crippen LogP contribution < -0.4 is 5.32 Å². The van der Waals surface area contributed by atoms with Gasteiger partial charge in [-0.25, -0.2) is 0 Å². The van der Waals surface area contributed by atoms with Gasteiger partial charge in [0.15, 0.2) is 0 Å². The van der Waals surface area contributed by atoms with Crippen molar-refractivity contribution in [3.8, 4) is 0 Å². The van der Waals surface area contributed by atoms with Crippen LogP contribution in [0, 0.1) is 0 Å². The second kappa shape index (κ2) is 45.5. The Bertz CT molecular complexity index is 589. The van der Waals surface area contributed by atoms with Crippen LogP contribution in [0.3, 0.4) is 0 Å². The van der Waals surface area contributed by atoms with E-state index in [1.54, 1.807) is 0 Å². The van der Waals surface area contributed by atoms with Crippen LogP contribution in [0.1, 0.15) is 290 Å². The summed E-state index contributed by atoms with van der Waals surface area (Å²) in [5.41, 5.74) is 0. The van der Waals surface area contributed by atoms with Gasteiger partial charge in [-0.2, -0.15) is 0 Å². The van der Waals surface area contributed by atoms with Gasteiger partial charge in [0.1, 0.15) is 0 Å². The van der Waals surface area contributed by atoms with Crippen LogP contribution in [0.2, 0.25) is 0 Å². The first kappa shape index (κ1) is 48.5. The Hall–Kier alpha value is -0.530. The standard InChI is InChI=1S/C47H95NO/c1-3-5-7-9-11-13-15-17-18-19-20-21-22-23-24-25-26-27-28-29-30-31-32-34-36-38-40-42-44-46-48-47(49)45-43-41-39-37-35-33-16-14-12-10-8-6-4-2/h3-46H2,1-2H3,(H,48,49). The zero-order valence-corrected chi connectivity index (χ0v) is 34.5. The van der Waals surface area contributed by atoms with E-state index >= 15 is 0 Å². The van der Waals surface area contributed by atoms with E-state index in [-0.39, 0.29) is 5.91 Å². The third kappa shape index (κ3) is 45.4. The van der Waals surface area contributed by atoms with Crippen molar-refractivity contribution in [2.75, 3.05) is 6.54 Å². The fourth-order valence-electron chi connectivity index (χ4n) is 7.59. The Morgan fingerprint density at radius 1 is 0.265 bits per heavy atom. The smallest absolute Gasteiger partial charge is 0.219 e. The third-order valence-corrected chi connectivity index (χ3v) is 11.1. The average molecular weight is 690 g/mol. The highest BCUT2D eigenvalue weighted by molar-refractivity contribution is 5.75. The molecule has 0 aliphatic rings. The van der Waals surface area contributed by atoms with Gasteiger partial charge in [-0.3, -0.25) is 4.79 Å². The molecule has 49 heavy (non-hydrogen) atoms. The number of hydrogen-bond donors (Lipinski definition) is 1. The lowest BCUT2D eigenvalue weighted by atomic mass is 10.0. The molecular formula is C47H95NO. The summed E-state index contributed by atoms with van der Waals surface area (Å²) >= 11 is 0. The first-order chi connectivity index (χ1) is 24.3. The van der Waals surface area contributed by atoms with Gasteiger partial charge in [0.25, 0.3) is 0 Å². The maximum absolute atomic E-state index is 12.1. The van der Waals surface area contributed by atoms with Crippen molar-refractivity contribution in [3.05, 3.63) is 0 Å². The molecule has 0 radical (unpaired) electrons. The van der Waals surface area contributed by atoms with Crippen LogP contribution in [-0.4, -0.2) is 12.5 Å².